The number of rotatable bonds is 5. The number of fused-ring (bicyclic) bond motifs is 2. The fraction of sp³-hybridized carbons (Fsp3) is 0.125. The minimum absolute atomic E-state index is 0.167. The van der Waals surface area contributed by atoms with E-state index in [9.17, 15) is 14.4 Å². The van der Waals surface area contributed by atoms with E-state index < -0.39 is 5.97 Å². The Morgan fingerprint density at radius 2 is 1.91 bits per heavy atom. The molecule has 0 bridgehead atoms. The Morgan fingerprint density at radius 1 is 1.09 bits per heavy atom. The fourth-order valence-electron chi connectivity index (χ4n) is 3.49. The van der Waals surface area contributed by atoms with Gasteiger partial charge in [0.15, 0.2) is 0 Å². The summed E-state index contributed by atoms with van der Waals surface area (Å²) in [5.41, 5.74) is 2.17. The molecule has 0 radical (unpaired) electrons. The molecule has 0 saturated carbocycles. The van der Waals surface area contributed by atoms with Crippen molar-refractivity contribution in [3.8, 4) is 10.4 Å². The molecule has 0 unspecified atom stereocenters. The molecule has 0 fully saturated rings. The summed E-state index contributed by atoms with van der Waals surface area (Å²) in [5, 5.41) is 0.452. The molecule has 0 spiro atoms. The number of benzene rings is 1. The summed E-state index contributed by atoms with van der Waals surface area (Å²) in [5.74, 6) is -0.623. The van der Waals surface area contributed by atoms with Crippen molar-refractivity contribution < 1.29 is 9.53 Å². The number of hydrogen-bond donors (Lipinski definition) is 0. The van der Waals surface area contributed by atoms with Gasteiger partial charge in [-0.25, -0.2) is 9.97 Å². The number of aryl methyl sites for hydroxylation is 1. The fourth-order valence-corrected chi connectivity index (χ4v) is 4.48. The zero-order chi connectivity index (χ0) is 22.9. The second kappa shape index (κ2) is 8.44. The molecule has 9 heteroatoms. The summed E-state index contributed by atoms with van der Waals surface area (Å²) in [6, 6.07) is 16.4. The second-order valence-corrected chi connectivity index (χ2v) is 8.58. The van der Waals surface area contributed by atoms with Crippen molar-refractivity contribution in [2.45, 2.75) is 20.1 Å². The first-order chi connectivity index (χ1) is 16.0. The zero-order valence-corrected chi connectivity index (χ0v) is 18.4. The minimum Gasteiger partial charge on any atom is -0.458 e. The van der Waals surface area contributed by atoms with E-state index in [4.69, 9.17) is 4.74 Å². The van der Waals surface area contributed by atoms with E-state index >= 15 is 0 Å². The number of carbonyl (C=O) groups excluding carboxylic acids is 1. The first kappa shape index (κ1) is 20.8. The molecule has 5 rings (SSSR count). The van der Waals surface area contributed by atoms with Gasteiger partial charge in [0.05, 0.1) is 17.4 Å². The average molecular weight is 458 g/mol. The van der Waals surface area contributed by atoms with Crippen molar-refractivity contribution in [3.05, 3.63) is 99.1 Å². The summed E-state index contributed by atoms with van der Waals surface area (Å²) >= 11 is 1.42. The molecule has 0 aliphatic heterocycles. The van der Waals surface area contributed by atoms with Crippen LogP contribution in [0.15, 0.2) is 76.7 Å². The summed E-state index contributed by atoms with van der Waals surface area (Å²) in [6.07, 6.45) is 3.05. The number of pyridine rings is 1. The van der Waals surface area contributed by atoms with Gasteiger partial charge in [-0.2, -0.15) is 0 Å². The minimum atomic E-state index is -0.623. The SMILES string of the molecule is Cc1ccc2nc(COC(=O)Cn3cnc4sc(-c5ccccc5)cc4c3=O)cc(=O)n2c1. The molecule has 4 aromatic heterocycles. The predicted molar refractivity (Wildman–Crippen MR) is 125 cm³/mol. The van der Waals surface area contributed by atoms with Crippen molar-refractivity contribution in [1.29, 1.82) is 0 Å². The Balaban J connectivity index is 1.32. The molecular formula is C24H18N4O4S. The molecule has 1 aromatic carbocycles. The van der Waals surface area contributed by atoms with Crippen LogP contribution in [-0.2, 0) is 22.7 Å². The molecule has 4 heterocycles. The maximum absolute atomic E-state index is 12.9. The van der Waals surface area contributed by atoms with Gasteiger partial charge in [-0.15, -0.1) is 11.3 Å². The first-order valence-electron chi connectivity index (χ1n) is 10.2. The van der Waals surface area contributed by atoms with Crippen LogP contribution >= 0.6 is 11.3 Å². The highest BCUT2D eigenvalue weighted by Crippen LogP contribution is 2.30. The highest BCUT2D eigenvalue weighted by Gasteiger charge is 2.13. The van der Waals surface area contributed by atoms with Crippen molar-refractivity contribution in [3.63, 3.8) is 0 Å². The lowest BCUT2D eigenvalue weighted by Gasteiger charge is -2.08. The highest BCUT2D eigenvalue weighted by atomic mass is 32.1. The monoisotopic (exact) mass is 458 g/mol. The van der Waals surface area contributed by atoms with E-state index in [2.05, 4.69) is 9.97 Å². The van der Waals surface area contributed by atoms with Crippen LogP contribution in [0.1, 0.15) is 11.3 Å². The van der Waals surface area contributed by atoms with E-state index in [0.29, 0.717) is 21.6 Å². The Kier molecular flexibility index (Phi) is 5.31. The van der Waals surface area contributed by atoms with E-state index in [-0.39, 0.29) is 24.3 Å². The van der Waals surface area contributed by atoms with Gasteiger partial charge in [0, 0.05) is 17.1 Å². The molecule has 8 nitrogen and oxygen atoms in total. The van der Waals surface area contributed by atoms with Gasteiger partial charge in [-0.1, -0.05) is 36.4 Å². The smallest absolute Gasteiger partial charge is 0.326 e. The van der Waals surface area contributed by atoms with Crippen LogP contribution in [0.2, 0.25) is 0 Å². The molecule has 0 atom stereocenters. The Labute approximate surface area is 191 Å². The molecule has 5 aromatic rings. The number of aromatic nitrogens is 4. The van der Waals surface area contributed by atoms with Gasteiger partial charge in [0.25, 0.3) is 11.1 Å². The predicted octanol–water partition coefficient (Wildman–Crippen LogP) is 3.18. The average Bonchev–Trinajstić information content (AvgIpc) is 3.26. The van der Waals surface area contributed by atoms with Crippen LogP contribution in [0.25, 0.3) is 26.3 Å². The van der Waals surface area contributed by atoms with Crippen LogP contribution in [-0.4, -0.2) is 24.9 Å². The molecule has 164 valence electrons. The van der Waals surface area contributed by atoms with Crippen LogP contribution in [0, 0.1) is 6.92 Å². The van der Waals surface area contributed by atoms with Crippen LogP contribution in [0.4, 0.5) is 0 Å². The number of hydrogen-bond acceptors (Lipinski definition) is 7. The van der Waals surface area contributed by atoms with Gasteiger partial charge >= 0.3 is 5.97 Å². The quantitative estimate of drug-likeness (QED) is 0.376. The Morgan fingerprint density at radius 3 is 2.73 bits per heavy atom. The standard InChI is InChI=1S/C24H18N4O4S/c1-15-7-8-20-26-17(9-21(29)28(20)11-15)13-32-22(30)12-27-14-25-23-18(24(27)31)10-19(33-23)16-5-3-2-4-6-16/h2-11,14H,12-13H2,1H3. The Bertz CT molecular complexity index is 1620. The van der Waals surface area contributed by atoms with Gasteiger partial charge in [0.1, 0.15) is 23.6 Å². The number of esters is 1. The van der Waals surface area contributed by atoms with E-state index in [1.807, 2.05) is 43.3 Å². The van der Waals surface area contributed by atoms with Gasteiger partial charge in [-0.3, -0.25) is 23.4 Å². The number of thiophene rings is 1. The van der Waals surface area contributed by atoms with Crippen molar-refractivity contribution in [1.82, 2.24) is 18.9 Å². The number of ether oxygens (including phenoxy) is 1. The van der Waals surface area contributed by atoms with Crippen molar-refractivity contribution in [2.75, 3.05) is 0 Å². The van der Waals surface area contributed by atoms with Crippen molar-refractivity contribution >= 4 is 33.2 Å². The topological polar surface area (TPSA) is 95.6 Å². The third-order valence-corrected chi connectivity index (χ3v) is 6.21. The van der Waals surface area contributed by atoms with Crippen LogP contribution in [0.5, 0.6) is 0 Å². The molecule has 0 amide bonds. The summed E-state index contributed by atoms with van der Waals surface area (Å²) in [7, 11) is 0. The third kappa shape index (κ3) is 4.18. The second-order valence-electron chi connectivity index (χ2n) is 7.55. The van der Waals surface area contributed by atoms with Gasteiger partial charge in [-0.05, 0) is 30.2 Å². The van der Waals surface area contributed by atoms with Crippen molar-refractivity contribution in [2.24, 2.45) is 0 Å². The molecule has 0 aliphatic rings. The zero-order valence-electron chi connectivity index (χ0n) is 17.6. The van der Waals surface area contributed by atoms with E-state index in [1.165, 1.54) is 32.7 Å². The lowest BCUT2D eigenvalue weighted by atomic mass is 10.2. The highest BCUT2D eigenvalue weighted by molar-refractivity contribution is 7.21. The first-order valence-corrected chi connectivity index (χ1v) is 11.0. The van der Waals surface area contributed by atoms with Crippen LogP contribution < -0.4 is 11.1 Å². The third-order valence-electron chi connectivity index (χ3n) is 5.12. The van der Waals surface area contributed by atoms with E-state index in [0.717, 1.165) is 16.0 Å². The maximum Gasteiger partial charge on any atom is 0.326 e. The van der Waals surface area contributed by atoms with Crippen LogP contribution in [0.3, 0.4) is 0 Å². The lowest BCUT2D eigenvalue weighted by molar-refractivity contribution is -0.145. The maximum atomic E-state index is 12.9. The normalized spacial score (nSPS) is 11.2. The molecule has 0 N–H and O–H groups in total. The molecular weight excluding hydrogens is 440 g/mol. The van der Waals surface area contributed by atoms with E-state index in [1.54, 1.807) is 18.3 Å². The lowest BCUT2D eigenvalue weighted by Crippen LogP contribution is -2.25. The molecule has 0 aliphatic carbocycles. The summed E-state index contributed by atoms with van der Waals surface area (Å²) in [4.78, 5) is 47.8. The largest absolute Gasteiger partial charge is 0.458 e. The summed E-state index contributed by atoms with van der Waals surface area (Å²) in [6.45, 7) is 1.43. The number of nitrogens with zero attached hydrogens (tertiary/aromatic N) is 4. The molecule has 33 heavy (non-hydrogen) atoms. The van der Waals surface area contributed by atoms with Gasteiger partial charge < -0.3 is 4.74 Å². The Hall–Kier alpha value is -4.11. The summed E-state index contributed by atoms with van der Waals surface area (Å²) < 4.78 is 7.92. The number of carbonyl (C=O) groups is 1. The van der Waals surface area contributed by atoms with Gasteiger partial charge in [0.2, 0.25) is 0 Å². The molecule has 0 saturated heterocycles.